The van der Waals surface area contributed by atoms with Crippen LogP contribution in [0.25, 0.3) is 11.6 Å². The molecule has 5 nitrogen and oxygen atoms in total. The summed E-state index contributed by atoms with van der Waals surface area (Å²) in [6, 6.07) is 12.2. The molecular weight excluding hydrogens is 350 g/mol. The fourth-order valence-electron chi connectivity index (χ4n) is 3.84. The minimum absolute atomic E-state index is 0.137. The topological polar surface area (TPSA) is 45.7 Å². The van der Waals surface area contributed by atoms with Gasteiger partial charge in [0.1, 0.15) is 0 Å². The number of likely N-dealkylation sites (N-methyl/N-ethyl adjacent to an activating group) is 1. The quantitative estimate of drug-likeness (QED) is 0.818. The Hall–Kier alpha value is -2.66. The van der Waals surface area contributed by atoms with E-state index in [-0.39, 0.29) is 5.78 Å². The van der Waals surface area contributed by atoms with Crippen LogP contribution < -0.4 is 9.64 Å². The van der Waals surface area contributed by atoms with E-state index in [2.05, 4.69) is 40.0 Å². The largest absolute Gasteiger partial charge is 0.478 e. The zero-order valence-electron chi connectivity index (χ0n) is 16.6. The lowest BCUT2D eigenvalue weighted by molar-refractivity contribution is -0.113. The minimum Gasteiger partial charge on any atom is -0.478 e. The normalized spacial score (nSPS) is 17.7. The Kier molecular flexibility index (Phi) is 5.44. The van der Waals surface area contributed by atoms with Crippen molar-refractivity contribution in [1.29, 1.82) is 0 Å². The van der Waals surface area contributed by atoms with Crippen molar-refractivity contribution in [2.45, 2.75) is 19.8 Å². The number of fused-ring (bicyclic) bond motifs is 1. The van der Waals surface area contributed by atoms with Crippen molar-refractivity contribution in [1.82, 2.24) is 9.88 Å². The van der Waals surface area contributed by atoms with Crippen LogP contribution in [0.1, 0.15) is 30.2 Å². The minimum atomic E-state index is 0.137. The van der Waals surface area contributed by atoms with E-state index < -0.39 is 0 Å². The molecule has 1 aliphatic heterocycles. The van der Waals surface area contributed by atoms with E-state index in [1.165, 1.54) is 11.3 Å². The number of benzene rings is 1. The molecule has 5 heteroatoms. The average Bonchev–Trinajstić information content (AvgIpc) is 2.88. The summed E-state index contributed by atoms with van der Waals surface area (Å²) >= 11 is 0. The highest BCUT2D eigenvalue weighted by Gasteiger charge is 2.21. The molecule has 0 unspecified atom stereocenters. The molecule has 0 bridgehead atoms. The van der Waals surface area contributed by atoms with Crippen molar-refractivity contribution in [3.63, 3.8) is 0 Å². The van der Waals surface area contributed by atoms with Crippen molar-refractivity contribution < 1.29 is 9.53 Å². The molecule has 1 aliphatic carbocycles. The maximum absolute atomic E-state index is 12.8. The zero-order chi connectivity index (χ0) is 19.5. The number of aryl methyl sites for hydroxylation is 1. The fourth-order valence-corrected chi connectivity index (χ4v) is 3.84. The van der Waals surface area contributed by atoms with Gasteiger partial charge in [-0.05, 0) is 55.8 Å². The number of nitrogens with zero attached hydrogens (tertiary/aromatic N) is 3. The van der Waals surface area contributed by atoms with Crippen LogP contribution in [0, 0.1) is 0 Å². The van der Waals surface area contributed by atoms with Crippen molar-refractivity contribution >= 4 is 23.1 Å². The van der Waals surface area contributed by atoms with Gasteiger partial charge in [0.15, 0.2) is 5.78 Å². The van der Waals surface area contributed by atoms with Crippen molar-refractivity contribution in [2.24, 2.45) is 0 Å². The first-order valence-electron chi connectivity index (χ1n) is 10.1. The number of carbonyl (C=O) groups is 1. The molecule has 2 aromatic rings. The number of ketones is 1. The maximum Gasteiger partial charge on any atom is 0.213 e. The molecule has 0 spiro atoms. The molecule has 0 amide bonds. The molecule has 1 aromatic carbocycles. The van der Waals surface area contributed by atoms with Gasteiger partial charge in [0, 0.05) is 49.9 Å². The predicted molar refractivity (Wildman–Crippen MR) is 113 cm³/mol. The fraction of sp³-hybridized carbons (Fsp3) is 0.391. The van der Waals surface area contributed by atoms with E-state index in [1.54, 1.807) is 0 Å². The van der Waals surface area contributed by atoms with Crippen LogP contribution in [0.5, 0.6) is 5.88 Å². The van der Waals surface area contributed by atoms with Crippen molar-refractivity contribution in [3.8, 4) is 5.88 Å². The lowest BCUT2D eigenvalue weighted by Crippen LogP contribution is -2.44. The molecule has 1 aromatic heterocycles. The smallest absolute Gasteiger partial charge is 0.213 e. The highest BCUT2D eigenvalue weighted by molar-refractivity contribution is 6.25. The van der Waals surface area contributed by atoms with E-state index in [9.17, 15) is 4.79 Å². The summed E-state index contributed by atoms with van der Waals surface area (Å²) in [7, 11) is 2.17. The molecular formula is C23H27N3O2. The molecule has 2 aliphatic rings. The number of ether oxygens (including phenoxy) is 1. The number of carbonyl (C=O) groups excluding carboxylic acids is 1. The second kappa shape index (κ2) is 8.15. The van der Waals surface area contributed by atoms with E-state index in [0.717, 1.165) is 38.2 Å². The third-order valence-corrected chi connectivity index (χ3v) is 5.51. The Bertz CT molecular complexity index is 898. The summed E-state index contributed by atoms with van der Waals surface area (Å²) in [4.78, 5) is 22.1. The monoisotopic (exact) mass is 377 g/mol. The molecule has 0 saturated carbocycles. The van der Waals surface area contributed by atoms with Gasteiger partial charge in [-0.2, -0.15) is 0 Å². The van der Waals surface area contributed by atoms with Crippen molar-refractivity contribution in [3.05, 3.63) is 53.2 Å². The first-order chi connectivity index (χ1) is 13.6. The first kappa shape index (κ1) is 18.7. The van der Waals surface area contributed by atoms with Crippen LogP contribution >= 0.6 is 0 Å². The van der Waals surface area contributed by atoms with E-state index >= 15 is 0 Å². The lowest BCUT2D eigenvalue weighted by atomic mass is 10.0. The average molecular weight is 377 g/mol. The number of anilines is 1. The first-order valence-corrected chi connectivity index (χ1v) is 10.1. The molecule has 146 valence electrons. The van der Waals surface area contributed by atoms with Gasteiger partial charge in [-0.15, -0.1) is 0 Å². The predicted octanol–water partition coefficient (Wildman–Crippen LogP) is 3.29. The molecule has 0 radical (unpaired) electrons. The highest BCUT2D eigenvalue weighted by Crippen LogP contribution is 2.30. The van der Waals surface area contributed by atoms with Gasteiger partial charge in [0.05, 0.1) is 12.3 Å². The number of hydrogen-bond donors (Lipinski definition) is 0. The Morgan fingerprint density at radius 3 is 2.68 bits per heavy atom. The molecule has 28 heavy (non-hydrogen) atoms. The summed E-state index contributed by atoms with van der Waals surface area (Å²) in [6.45, 7) is 6.75. The Labute approximate surface area is 166 Å². The van der Waals surface area contributed by atoms with E-state index in [4.69, 9.17) is 4.74 Å². The molecule has 4 rings (SSSR count). The molecule has 0 atom stereocenters. The van der Waals surface area contributed by atoms with Crippen LogP contribution in [-0.4, -0.2) is 55.5 Å². The number of allylic oxidation sites excluding steroid dienone is 1. The van der Waals surface area contributed by atoms with Gasteiger partial charge in [-0.1, -0.05) is 12.1 Å². The molecule has 0 N–H and O–H groups in total. The van der Waals surface area contributed by atoms with Crippen molar-refractivity contribution in [2.75, 3.05) is 44.7 Å². The third-order valence-electron chi connectivity index (χ3n) is 5.51. The summed E-state index contributed by atoms with van der Waals surface area (Å²) in [5, 5.41) is 0. The number of piperazine rings is 1. The summed E-state index contributed by atoms with van der Waals surface area (Å²) in [5.74, 6) is 0.696. The van der Waals surface area contributed by atoms with Gasteiger partial charge in [0.25, 0.3) is 0 Å². The number of hydrogen-bond acceptors (Lipinski definition) is 5. The van der Waals surface area contributed by atoms with Gasteiger partial charge in [-0.3, -0.25) is 4.79 Å². The number of rotatable bonds is 4. The third kappa shape index (κ3) is 3.94. The van der Waals surface area contributed by atoms with Crippen LogP contribution in [0.4, 0.5) is 5.69 Å². The van der Waals surface area contributed by atoms with Gasteiger partial charge >= 0.3 is 0 Å². The number of Topliss-reactive ketones (excluding diaryl/α,β-unsaturated/α-hetero) is 1. The van der Waals surface area contributed by atoms with Gasteiger partial charge < -0.3 is 14.5 Å². The second-order valence-electron chi connectivity index (χ2n) is 7.45. The van der Waals surface area contributed by atoms with Crippen LogP contribution in [-0.2, 0) is 11.2 Å². The second-order valence-corrected chi connectivity index (χ2v) is 7.45. The van der Waals surface area contributed by atoms with E-state index in [1.807, 2.05) is 31.2 Å². The number of aromatic nitrogens is 1. The zero-order valence-corrected chi connectivity index (χ0v) is 16.6. The van der Waals surface area contributed by atoms with Gasteiger partial charge in [0.2, 0.25) is 5.88 Å². The van der Waals surface area contributed by atoms with E-state index in [0.29, 0.717) is 30.2 Å². The summed E-state index contributed by atoms with van der Waals surface area (Å²) in [5.41, 5.74) is 4.97. The van der Waals surface area contributed by atoms with Crippen LogP contribution in [0.15, 0.2) is 36.4 Å². The highest BCUT2D eigenvalue weighted by atomic mass is 16.5. The molecule has 1 fully saturated rings. The molecule has 1 saturated heterocycles. The summed E-state index contributed by atoms with van der Waals surface area (Å²) in [6.07, 6.45) is 3.27. The maximum atomic E-state index is 12.8. The Morgan fingerprint density at radius 2 is 1.89 bits per heavy atom. The Morgan fingerprint density at radius 1 is 1.07 bits per heavy atom. The standard InChI is InChI=1S/C23H27N3O2/c1-3-28-23-6-4-5-21(24-23)20-16-18-7-9-19(15-17(18)8-10-22(20)27)26-13-11-25(2)12-14-26/h4-7,9,15-16H,3,8,10-14H2,1-2H3. The number of pyridine rings is 1. The lowest BCUT2D eigenvalue weighted by Gasteiger charge is -2.34. The van der Waals surface area contributed by atoms with Crippen LogP contribution in [0.3, 0.4) is 0 Å². The summed E-state index contributed by atoms with van der Waals surface area (Å²) < 4.78 is 5.51. The SMILES string of the molecule is CCOc1cccc(C2=Cc3ccc(N4CCN(C)CC4)cc3CCC2=O)n1. The van der Waals surface area contributed by atoms with Gasteiger partial charge in [-0.25, -0.2) is 4.98 Å². The molecule has 2 heterocycles. The van der Waals surface area contributed by atoms with Crippen LogP contribution in [0.2, 0.25) is 0 Å². The Balaban J connectivity index is 1.64.